The monoisotopic (exact) mass is 354 g/mol. The maximum atomic E-state index is 11.5. The molecule has 1 saturated carbocycles. The predicted molar refractivity (Wildman–Crippen MR) is 83.2 cm³/mol. The Morgan fingerprint density at radius 1 is 1.33 bits per heavy atom. The molecule has 6 heteroatoms. The van der Waals surface area contributed by atoms with Gasteiger partial charge in [-0.2, -0.15) is 0 Å². The van der Waals surface area contributed by atoms with Crippen LogP contribution in [0.5, 0.6) is 0 Å². The second-order valence-corrected chi connectivity index (χ2v) is 6.09. The summed E-state index contributed by atoms with van der Waals surface area (Å²) in [5.74, 6) is -0.803. The van der Waals surface area contributed by atoms with Crippen molar-refractivity contribution in [2.45, 2.75) is 38.3 Å². The average Bonchev–Trinajstić information content (AvgIpc) is 3.23. The van der Waals surface area contributed by atoms with Gasteiger partial charge in [0.15, 0.2) is 0 Å². The van der Waals surface area contributed by atoms with Gasteiger partial charge < -0.3 is 15.7 Å². The molecule has 1 aliphatic rings. The van der Waals surface area contributed by atoms with Crippen LogP contribution in [0.4, 0.5) is 0 Å². The quantitative estimate of drug-likeness (QED) is 0.626. The molecule has 0 unspecified atom stereocenters. The smallest absolute Gasteiger partial charge is 0.335 e. The van der Waals surface area contributed by atoms with Gasteiger partial charge in [0.25, 0.3) is 0 Å². The van der Waals surface area contributed by atoms with E-state index in [4.69, 9.17) is 5.11 Å². The topological polar surface area (TPSA) is 78.4 Å². The van der Waals surface area contributed by atoms with Crippen LogP contribution >= 0.6 is 15.9 Å². The number of halogens is 1. The Hall–Kier alpha value is -1.40. The first-order valence-electron chi connectivity index (χ1n) is 7.08. The van der Waals surface area contributed by atoms with Crippen LogP contribution < -0.4 is 10.6 Å². The van der Waals surface area contributed by atoms with Crippen LogP contribution in [0.15, 0.2) is 22.7 Å². The first-order chi connectivity index (χ1) is 10.1. The molecule has 0 heterocycles. The van der Waals surface area contributed by atoms with E-state index < -0.39 is 5.97 Å². The Bertz CT molecular complexity index is 530. The van der Waals surface area contributed by atoms with Crippen LogP contribution in [0.3, 0.4) is 0 Å². The van der Waals surface area contributed by atoms with Crippen molar-refractivity contribution in [1.82, 2.24) is 10.6 Å². The second-order valence-electron chi connectivity index (χ2n) is 5.23. The van der Waals surface area contributed by atoms with Crippen LogP contribution in [-0.2, 0) is 11.3 Å². The maximum Gasteiger partial charge on any atom is 0.335 e. The number of hydrogen-bond acceptors (Lipinski definition) is 3. The molecule has 21 heavy (non-hydrogen) atoms. The number of amides is 1. The zero-order chi connectivity index (χ0) is 15.2. The molecule has 114 valence electrons. The summed E-state index contributed by atoms with van der Waals surface area (Å²) < 4.78 is 0.779. The Morgan fingerprint density at radius 3 is 2.71 bits per heavy atom. The fraction of sp³-hybridized carbons (Fsp3) is 0.467. The van der Waals surface area contributed by atoms with Gasteiger partial charge in [0.1, 0.15) is 0 Å². The number of carboxylic acids is 1. The number of aromatic carboxylic acids is 1. The SMILES string of the molecule is O=C(CCCNCc1ccc(C(=O)O)cc1Br)NC1CC1. The lowest BCUT2D eigenvalue weighted by Gasteiger charge is -2.08. The van der Waals surface area contributed by atoms with E-state index in [1.807, 2.05) is 0 Å². The van der Waals surface area contributed by atoms with Crippen molar-refractivity contribution in [3.63, 3.8) is 0 Å². The highest BCUT2D eigenvalue weighted by molar-refractivity contribution is 9.10. The third-order valence-corrected chi connectivity index (χ3v) is 4.05. The zero-order valence-electron chi connectivity index (χ0n) is 11.7. The van der Waals surface area contributed by atoms with Gasteiger partial charge in [-0.3, -0.25) is 4.79 Å². The number of carboxylic acid groups (broad SMARTS) is 1. The third-order valence-electron chi connectivity index (χ3n) is 3.32. The highest BCUT2D eigenvalue weighted by atomic mass is 79.9. The second kappa shape index (κ2) is 7.56. The van der Waals surface area contributed by atoms with E-state index in [1.165, 1.54) is 0 Å². The van der Waals surface area contributed by atoms with Crippen LogP contribution in [-0.4, -0.2) is 29.6 Å². The number of nitrogens with one attached hydrogen (secondary N) is 2. The first kappa shape index (κ1) is 16.0. The molecule has 0 saturated heterocycles. The van der Waals surface area contributed by atoms with E-state index >= 15 is 0 Å². The van der Waals surface area contributed by atoms with E-state index in [2.05, 4.69) is 26.6 Å². The molecule has 1 amide bonds. The fourth-order valence-corrected chi connectivity index (χ4v) is 2.47. The van der Waals surface area contributed by atoms with Gasteiger partial charge in [0, 0.05) is 23.5 Å². The summed E-state index contributed by atoms with van der Waals surface area (Å²) in [6.45, 7) is 1.40. The molecule has 1 aliphatic carbocycles. The van der Waals surface area contributed by atoms with Crippen molar-refractivity contribution < 1.29 is 14.7 Å². The van der Waals surface area contributed by atoms with E-state index in [9.17, 15) is 9.59 Å². The lowest BCUT2D eigenvalue weighted by molar-refractivity contribution is -0.121. The van der Waals surface area contributed by atoms with Crippen LogP contribution in [0.25, 0.3) is 0 Å². The van der Waals surface area contributed by atoms with E-state index in [0.29, 0.717) is 19.0 Å². The minimum absolute atomic E-state index is 0.131. The Balaban J connectivity index is 1.66. The van der Waals surface area contributed by atoms with Gasteiger partial charge in [-0.1, -0.05) is 22.0 Å². The van der Waals surface area contributed by atoms with Crippen molar-refractivity contribution >= 4 is 27.8 Å². The number of carbonyl (C=O) groups is 2. The van der Waals surface area contributed by atoms with Crippen LogP contribution in [0.2, 0.25) is 0 Å². The highest BCUT2D eigenvalue weighted by Gasteiger charge is 2.22. The maximum absolute atomic E-state index is 11.5. The molecule has 0 aromatic heterocycles. The van der Waals surface area contributed by atoms with Crippen LogP contribution in [0, 0.1) is 0 Å². The van der Waals surface area contributed by atoms with Crippen molar-refractivity contribution in [3.8, 4) is 0 Å². The Kier molecular flexibility index (Phi) is 5.76. The van der Waals surface area contributed by atoms with Crippen molar-refractivity contribution in [3.05, 3.63) is 33.8 Å². The normalized spacial score (nSPS) is 14.0. The summed E-state index contributed by atoms with van der Waals surface area (Å²) in [6, 6.07) is 5.41. The zero-order valence-corrected chi connectivity index (χ0v) is 13.3. The summed E-state index contributed by atoms with van der Waals surface area (Å²) in [5, 5.41) is 15.1. The highest BCUT2D eigenvalue weighted by Crippen LogP contribution is 2.19. The van der Waals surface area contributed by atoms with Crippen molar-refractivity contribution in [2.75, 3.05) is 6.54 Å². The summed E-state index contributed by atoms with van der Waals surface area (Å²) in [5.41, 5.74) is 1.27. The number of hydrogen-bond donors (Lipinski definition) is 3. The summed E-state index contributed by atoms with van der Waals surface area (Å²) in [6.07, 6.45) is 3.57. The number of rotatable bonds is 8. The number of carbonyl (C=O) groups excluding carboxylic acids is 1. The van der Waals surface area contributed by atoms with Gasteiger partial charge >= 0.3 is 5.97 Å². The van der Waals surface area contributed by atoms with E-state index in [-0.39, 0.29) is 11.5 Å². The third kappa shape index (κ3) is 5.47. The molecule has 0 bridgehead atoms. The standard InChI is InChI=1S/C15H19BrN2O3/c16-13-8-10(15(20)21)3-4-11(13)9-17-7-1-2-14(19)18-12-5-6-12/h3-4,8,12,17H,1-2,5-7,9H2,(H,18,19)(H,20,21). The average molecular weight is 355 g/mol. The molecule has 0 radical (unpaired) electrons. The lowest BCUT2D eigenvalue weighted by atomic mass is 10.1. The summed E-state index contributed by atoms with van der Waals surface area (Å²) >= 11 is 3.37. The largest absolute Gasteiger partial charge is 0.478 e. The Labute approximate surface area is 132 Å². The molecule has 2 rings (SSSR count). The summed E-state index contributed by atoms with van der Waals surface area (Å²) in [4.78, 5) is 22.3. The lowest BCUT2D eigenvalue weighted by Crippen LogP contribution is -2.26. The molecule has 1 aromatic rings. The van der Waals surface area contributed by atoms with E-state index in [0.717, 1.165) is 35.8 Å². The van der Waals surface area contributed by atoms with Crippen molar-refractivity contribution in [1.29, 1.82) is 0 Å². The molecule has 5 nitrogen and oxygen atoms in total. The fourth-order valence-electron chi connectivity index (χ4n) is 1.95. The molecule has 0 atom stereocenters. The number of benzene rings is 1. The van der Waals surface area contributed by atoms with Gasteiger partial charge in [-0.15, -0.1) is 0 Å². The Morgan fingerprint density at radius 2 is 2.10 bits per heavy atom. The molecule has 3 N–H and O–H groups in total. The molecule has 0 spiro atoms. The van der Waals surface area contributed by atoms with Crippen molar-refractivity contribution in [2.24, 2.45) is 0 Å². The van der Waals surface area contributed by atoms with Gasteiger partial charge in [-0.05, 0) is 43.5 Å². The molecular formula is C15H19BrN2O3. The van der Waals surface area contributed by atoms with Gasteiger partial charge in [0.2, 0.25) is 5.91 Å². The molecule has 1 fully saturated rings. The van der Waals surface area contributed by atoms with Crippen LogP contribution in [0.1, 0.15) is 41.6 Å². The molecule has 0 aliphatic heterocycles. The van der Waals surface area contributed by atoms with E-state index in [1.54, 1.807) is 18.2 Å². The minimum atomic E-state index is -0.933. The first-order valence-corrected chi connectivity index (χ1v) is 7.87. The molecular weight excluding hydrogens is 336 g/mol. The van der Waals surface area contributed by atoms with Gasteiger partial charge in [0.05, 0.1) is 5.56 Å². The van der Waals surface area contributed by atoms with Gasteiger partial charge in [-0.25, -0.2) is 4.79 Å². The minimum Gasteiger partial charge on any atom is -0.478 e. The molecule has 1 aromatic carbocycles. The predicted octanol–water partition coefficient (Wildman–Crippen LogP) is 2.30. The summed E-state index contributed by atoms with van der Waals surface area (Å²) in [7, 11) is 0.